The number of benzene rings is 2. The highest BCUT2D eigenvalue weighted by atomic mass is 35.5. The van der Waals surface area contributed by atoms with Gasteiger partial charge in [0.2, 0.25) is 5.91 Å². The Morgan fingerprint density at radius 3 is 2.57 bits per heavy atom. The summed E-state index contributed by atoms with van der Waals surface area (Å²) in [7, 11) is 1.63. The Kier molecular flexibility index (Phi) is 5.41. The van der Waals surface area contributed by atoms with Crippen molar-refractivity contribution in [2.45, 2.75) is 6.92 Å². The van der Waals surface area contributed by atoms with E-state index in [0.29, 0.717) is 11.6 Å². The van der Waals surface area contributed by atoms with Gasteiger partial charge in [-0.3, -0.25) is 4.79 Å². The molecule has 3 rings (SSSR count). The Morgan fingerprint density at radius 2 is 1.96 bits per heavy atom. The third-order valence-corrected chi connectivity index (χ3v) is 4.26. The number of carbonyl (C=O) groups excluding carboxylic acids is 1. The highest BCUT2D eigenvalue weighted by Crippen LogP contribution is 2.30. The molecule has 0 aliphatic heterocycles. The van der Waals surface area contributed by atoms with E-state index in [0.717, 1.165) is 12.1 Å². The van der Waals surface area contributed by atoms with Crippen LogP contribution in [-0.2, 0) is 7.05 Å². The lowest BCUT2D eigenvalue weighted by atomic mass is 10.1. The lowest BCUT2D eigenvalue weighted by Gasteiger charge is -2.11. The van der Waals surface area contributed by atoms with Crippen LogP contribution < -0.4 is 10.5 Å². The zero-order valence-electron chi connectivity index (χ0n) is 14.9. The van der Waals surface area contributed by atoms with Gasteiger partial charge in [0.15, 0.2) is 17.4 Å². The van der Waals surface area contributed by atoms with Crippen molar-refractivity contribution >= 4 is 23.3 Å². The van der Waals surface area contributed by atoms with Gasteiger partial charge in [-0.2, -0.15) is 0 Å². The first-order valence-electron chi connectivity index (χ1n) is 8.10. The maximum Gasteiger partial charge on any atom is 0.248 e. The average molecular weight is 405 g/mol. The number of ether oxygens (including phenoxy) is 1. The molecule has 0 aliphatic rings. The molecule has 144 valence electrons. The number of halogens is 3. The molecule has 0 atom stereocenters. The highest BCUT2D eigenvalue weighted by Gasteiger charge is 2.19. The molecule has 2 aromatic carbocycles. The van der Waals surface area contributed by atoms with E-state index in [-0.39, 0.29) is 27.7 Å². The second-order valence-electron chi connectivity index (χ2n) is 5.79. The summed E-state index contributed by atoms with van der Waals surface area (Å²) in [4.78, 5) is 11.2. The van der Waals surface area contributed by atoms with Gasteiger partial charge in [0.25, 0.3) is 0 Å². The molecule has 0 radical (unpaired) electrons. The van der Waals surface area contributed by atoms with Crippen molar-refractivity contribution in [3.05, 3.63) is 70.5 Å². The van der Waals surface area contributed by atoms with Gasteiger partial charge in [-0.15, -0.1) is 10.2 Å². The fourth-order valence-corrected chi connectivity index (χ4v) is 2.74. The standard InChI is InChI=1S/C19H15ClF2N4O2/c1-3-15(28-16-7-5-11(21)9-13(16)20)19-25-24-18(26(19)2)12-6-4-10(17(23)27)8-14(12)22/h3-9H,1-2H3,(H2,23,27)/b15-3-. The Bertz CT molecular complexity index is 1100. The number of amides is 1. The molecule has 2 N–H and O–H groups in total. The van der Waals surface area contributed by atoms with Crippen LogP contribution in [0.4, 0.5) is 8.78 Å². The molecule has 0 aliphatic carbocycles. The van der Waals surface area contributed by atoms with Crippen molar-refractivity contribution in [2.24, 2.45) is 12.8 Å². The predicted molar refractivity (Wildman–Crippen MR) is 101 cm³/mol. The molecule has 1 heterocycles. The van der Waals surface area contributed by atoms with Crippen LogP contribution in [0.3, 0.4) is 0 Å². The summed E-state index contributed by atoms with van der Waals surface area (Å²) >= 11 is 6.00. The predicted octanol–water partition coefficient (Wildman–Crippen LogP) is 3.95. The average Bonchev–Trinajstić information content (AvgIpc) is 3.02. The van der Waals surface area contributed by atoms with Gasteiger partial charge in [0.05, 0.1) is 10.6 Å². The van der Waals surface area contributed by atoms with Crippen molar-refractivity contribution in [3.8, 4) is 17.1 Å². The zero-order valence-corrected chi connectivity index (χ0v) is 15.7. The number of hydrogen-bond acceptors (Lipinski definition) is 4. The molecule has 0 unspecified atom stereocenters. The minimum absolute atomic E-state index is 0.0482. The van der Waals surface area contributed by atoms with E-state index >= 15 is 0 Å². The summed E-state index contributed by atoms with van der Waals surface area (Å²) in [6.45, 7) is 1.71. The molecule has 1 aromatic heterocycles. The molecule has 0 spiro atoms. The molecular weight excluding hydrogens is 390 g/mol. The van der Waals surface area contributed by atoms with Gasteiger partial charge < -0.3 is 15.0 Å². The van der Waals surface area contributed by atoms with Gasteiger partial charge in [-0.05, 0) is 49.4 Å². The number of primary amides is 1. The fraction of sp³-hybridized carbons (Fsp3) is 0.105. The number of aromatic nitrogens is 3. The summed E-state index contributed by atoms with van der Waals surface area (Å²) in [5, 5.41) is 8.15. The molecule has 6 nitrogen and oxygen atoms in total. The second kappa shape index (κ2) is 7.77. The first-order chi connectivity index (χ1) is 13.3. The number of nitrogens with two attached hydrogens (primary N) is 1. The Hall–Kier alpha value is -3.26. The van der Waals surface area contributed by atoms with Crippen LogP contribution in [0.2, 0.25) is 5.02 Å². The molecule has 0 bridgehead atoms. The molecule has 0 saturated carbocycles. The Labute approximate surface area is 164 Å². The van der Waals surface area contributed by atoms with Crippen LogP contribution >= 0.6 is 11.6 Å². The second-order valence-corrected chi connectivity index (χ2v) is 6.20. The van der Waals surface area contributed by atoms with Crippen LogP contribution in [0, 0.1) is 11.6 Å². The maximum absolute atomic E-state index is 14.4. The topological polar surface area (TPSA) is 83.0 Å². The number of rotatable bonds is 5. The highest BCUT2D eigenvalue weighted by molar-refractivity contribution is 6.32. The molecule has 3 aromatic rings. The van der Waals surface area contributed by atoms with Crippen LogP contribution in [-0.4, -0.2) is 20.7 Å². The number of allylic oxidation sites excluding steroid dienone is 1. The number of hydrogen-bond donors (Lipinski definition) is 1. The normalized spacial score (nSPS) is 11.5. The monoisotopic (exact) mass is 404 g/mol. The smallest absolute Gasteiger partial charge is 0.248 e. The van der Waals surface area contributed by atoms with Gasteiger partial charge in [-0.1, -0.05) is 11.6 Å². The number of nitrogens with zero attached hydrogens (tertiary/aromatic N) is 3. The largest absolute Gasteiger partial charge is 0.452 e. The summed E-state index contributed by atoms with van der Waals surface area (Å²) in [6, 6.07) is 7.57. The van der Waals surface area contributed by atoms with Gasteiger partial charge in [0, 0.05) is 12.6 Å². The van der Waals surface area contributed by atoms with E-state index in [9.17, 15) is 13.6 Å². The molecule has 9 heteroatoms. The van der Waals surface area contributed by atoms with E-state index < -0.39 is 17.5 Å². The van der Waals surface area contributed by atoms with E-state index in [1.807, 2.05) is 0 Å². The van der Waals surface area contributed by atoms with Crippen molar-refractivity contribution in [1.29, 1.82) is 0 Å². The maximum atomic E-state index is 14.4. The van der Waals surface area contributed by atoms with E-state index in [1.165, 1.54) is 28.8 Å². The van der Waals surface area contributed by atoms with Crippen LogP contribution in [0.15, 0.2) is 42.5 Å². The Balaban J connectivity index is 1.96. The van der Waals surface area contributed by atoms with Crippen LogP contribution in [0.1, 0.15) is 23.1 Å². The molecule has 28 heavy (non-hydrogen) atoms. The van der Waals surface area contributed by atoms with E-state index in [1.54, 1.807) is 20.0 Å². The minimum Gasteiger partial charge on any atom is -0.452 e. The van der Waals surface area contributed by atoms with Crippen molar-refractivity contribution < 1.29 is 18.3 Å². The summed E-state index contributed by atoms with van der Waals surface area (Å²) in [5.74, 6) is -0.836. The first kappa shape index (κ1) is 19.5. The minimum atomic E-state index is -0.732. The number of carbonyl (C=O) groups is 1. The lowest BCUT2D eigenvalue weighted by Crippen LogP contribution is -2.11. The van der Waals surface area contributed by atoms with Crippen molar-refractivity contribution in [1.82, 2.24) is 14.8 Å². The summed E-state index contributed by atoms with van der Waals surface area (Å²) in [6.07, 6.45) is 1.63. The SMILES string of the molecule is C/C=C(\Oc1ccc(F)cc1Cl)c1nnc(-c2ccc(C(N)=O)cc2F)n1C. The third-order valence-electron chi connectivity index (χ3n) is 3.97. The molecule has 0 fully saturated rings. The Morgan fingerprint density at radius 1 is 1.21 bits per heavy atom. The lowest BCUT2D eigenvalue weighted by molar-refractivity contribution is 0.1000. The molecule has 0 saturated heterocycles. The van der Waals surface area contributed by atoms with E-state index in [4.69, 9.17) is 22.1 Å². The van der Waals surface area contributed by atoms with Gasteiger partial charge in [0.1, 0.15) is 17.4 Å². The summed E-state index contributed by atoms with van der Waals surface area (Å²) < 4.78 is 34.9. The zero-order chi connectivity index (χ0) is 20.4. The quantitative estimate of drug-likeness (QED) is 0.652. The van der Waals surface area contributed by atoms with E-state index in [2.05, 4.69) is 10.2 Å². The van der Waals surface area contributed by atoms with Gasteiger partial charge in [-0.25, -0.2) is 8.78 Å². The van der Waals surface area contributed by atoms with Crippen LogP contribution in [0.25, 0.3) is 17.1 Å². The fourth-order valence-electron chi connectivity index (χ4n) is 2.54. The molecule has 1 amide bonds. The van der Waals surface area contributed by atoms with Crippen molar-refractivity contribution in [2.75, 3.05) is 0 Å². The van der Waals surface area contributed by atoms with Crippen LogP contribution in [0.5, 0.6) is 5.75 Å². The van der Waals surface area contributed by atoms with Gasteiger partial charge >= 0.3 is 0 Å². The molecular formula is C19H15ClF2N4O2. The van der Waals surface area contributed by atoms with Crippen molar-refractivity contribution in [3.63, 3.8) is 0 Å². The first-order valence-corrected chi connectivity index (χ1v) is 8.48. The third kappa shape index (κ3) is 3.72. The summed E-state index contributed by atoms with van der Waals surface area (Å²) in [5.41, 5.74) is 5.35.